The van der Waals surface area contributed by atoms with Gasteiger partial charge >= 0.3 is 0 Å². The normalized spacial score (nSPS) is 10.3. The van der Waals surface area contributed by atoms with Crippen molar-refractivity contribution in [1.82, 2.24) is 20.2 Å². The van der Waals surface area contributed by atoms with E-state index in [9.17, 15) is 4.79 Å². The second kappa shape index (κ2) is 4.50. The van der Waals surface area contributed by atoms with Crippen LogP contribution >= 0.6 is 11.6 Å². The number of halogens is 1. The van der Waals surface area contributed by atoms with Crippen LogP contribution in [-0.2, 0) is 0 Å². The summed E-state index contributed by atoms with van der Waals surface area (Å²) in [5.74, 6) is 0.221. The predicted octanol–water partition coefficient (Wildman–Crippen LogP) is 1.72. The Morgan fingerprint density at radius 3 is 2.82 bits per heavy atom. The minimum Gasteiger partial charge on any atom is -0.316 e. The Labute approximate surface area is 102 Å². The second-order valence-electron chi connectivity index (χ2n) is 3.49. The van der Waals surface area contributed by atoms with E-state index in [1.807, 2.05) is 6.92 Å². The van der Waals surface area contributed by atoms with E-state index >= 15 is 0 Å². The Kier molecular flexibility index (Phi) is 3.06. The van der Waals surface area contributed by atoms with Crippen LogP contribution in [0.5, 0.6) is 0 Å². The number of aromatic nitrogens is 4. The van der Waals surface area contributed by atoms with E-state index in [0.29, 0.717) is 11.5 Å². The van der Waals surface area contributed by atoms with Crippen LogP contribution in [0.1, 0.15) is 22.0 Å². The summed E-state index contributed by atoms with van der Waals surface area (Å²) in [6.07, 6.45) is 1.57. The molecule has 0 aliphatic heterocycles. The fourth-order valence-corrected chi connectivity index (χ4v) is 1.54. The molecule has 17 heavy (non-hydrogen) atoms. The number of carbonyl (C=O) groups is 1. The van der Waals surface area contributed by atoms with Crippen LogP contribution < -0.4 is 5.32 Å². The maximum atomic E-state index is 11.8. The van der Waals surface area contributed by atoms with Gasteiger partial charge in [-0.25, -0.2) is 9.97 Å². The Hall–Kier alpha value is -1.95. The Morgan fingerprint density at radius 1 is 1.47 bits per heavy atom. The SMILES string of the molecule is Cc1nc(C(=O)Nc2c(C)ccnc2Cl)n[nH]1. The van der Waals surface area contributed by atoms with Crippen molar-refractivity contribution in [2.75, 3.05) is 5.32 Å². The molecule has 6 nitrogen and oxygen atoms in total. The van der Waals surface area contributed by atoms with Crippen molar-refractivity contribution in [3.8, 4) is 0 Å². The van der Waals surface area contributed by atoms with Gasteiger partial charge in [0.1, 0.15) is 5.82 Å². The van der Waals surface area contributed by atoms with Crippen molar-refractivity contribution in [3.05, 3.63) is 34.6 Å². The highest BCUT2D eigenvalue weighted by atomic mass is 35.5. The molecule has 0 bridgehead atoms. The molecular formula is C10H10ClN5O. The Bertz CT molecular complexity index is 545. The van der Waals surface area contributed by atoms with Gasteiger partial charge in [-0.1, -0.05) is 11.6 Å². The number of nitrogens with one attached hydrogen (secondary N) is 2. The summed E-state index contributed by atoms with van der Waals surface area (Å²) in [4.78, 5) is 19.6. The molecule has 0 fully saturated rings. The van der Waals surface area contributed by atoms with Crippen molar-refractivity contribution in [2.45, 2.75) is 13.8 Å². The van der Waals surface area contributed by atoms with Gasteiger partial charge in [0.15, 0.2) is 5.15 Å². The number of hydrogen-bond donors (Lipinski definition) is 2. The van der Waals surface area contributed by atoms with Crippen LogP contribution in [0.2, 0.25) is 5.15 Å². The molecule has 0 saturated heterocycles. The molecule has 0 radical (unpaired) electrons. The lowest BCUT2D eigenvalue weighted by atomic mass is 10.2. The first-order chi connectivity index (χ1) is 8.08. The van der Waals surface area contributed by atoms with Crippen molar-refractivity contribution in [1.29, 1.82) is 0 Å². The van der Waals surface area contributed by atoms with Crippen LogP contribution in [-0.4, -0.2) is 26.1 Å². The van der Waals surface area contributed by atoms with Crippen LogP contribution in [0.25, 0.3) is 0 Å². The molecule has 0 aliphatic carbocycles. The third-order valence-electron chi connectivity index (χ3n) is 2.15. The van der Waals surface area contributed by atoms with Crippen LogP contribution in [0, 0.1) is 13.8 Å². The van der Waals surface area contributed by atoms with E-state index in [0.717, 1.165) is 5.56 Å². The zero-order valence-electron chi connectivity index (χ0n) is 9.28. The number of amides is 1. The van der Waals surface area contributed by atoms with Gasteiger partial charge in [0, 0.05) is 6.20 Å². The minimum absolute atomic E-state index is 0.0711. The van der Waals surface area contributed by atoms with E-state index in [1.54, 1.807) is 19.2 Å². The number of aromatic amines is 1. The number of hydrogen-bond acceptors (Lipinski definition) is 4. The van der Waals surface area contributed by atoms with Gasteiger partial charge in [0.05, 0.1) is 5.69 Å². The van der Waals surface area contributed by atoms with E-state index in [4.69, 9.17) is 11.6 Å². The van der Waals surface area contributed by atoms with Crippen LogP contribution in [0.15, 0.2) is 12.3 Å². The summed E-state index contributed by atoms with van der Waals surface area (Å²) in [6.45, 7) is 3.54. The molecule has 0 aromatic carbocycles. The predicted molar refractivity (Wildman–Crippen MR) is 63.1 cm³/mol. The molecule has 0 atom stereocenters. The smallest absolute Gasteiger partial charge is 0.295 e. The summed E-state index contributed by atoms with van der Waals surface area (Å²) in [5.41, 5.74) is 1.30. The van der Waals surface area contributed by atoms with Gasteiger partial charge in [-0.05, 0) is 25.5 Å². The molecule has 2 N–H and O–H groups in total. The zero-order valence-corrected chi connectivity index (χ0v) is 10.0. The van der Waals surface area contributed by atoms with Crippen molar-refractivity contribution >= 4 is 23.2 Å². The molecule has 0 unspecified atom stereocenters. The highest BCUT2D eigenvalue weighted by Gasteiger charge is 2.14. The van der Waals surface area contributed by atoms with E-state index in [-0.39, 0.29) is 11.0 Å². The maximum absolute atomic E-state index is 11.8. The van der Waals surface area contributed by atoms with Crippen LogP contribution in [0.3, 0.4) is 0 Å². The summed E-state index contributed by atoms with van der Waals surface area (Å²) in [5, 5.41) is 9.22. The topological polar surface area (TPSA) is 83.6 Å². The number of rotatable bonds is 2. The number of anilines is 1. The zero-order chi connectivity index (χ0) is 12.4. The molecule has 2 aromatic rings. The molecule has 7 heteroatoms. The first kappa shape index (κ1) is 11.5. The summed E-state index contributed by atoms with van der Waals surface area (Å²) in [7, 11) is 0. The average Bonchev–Trinajstić information content (AvgIpc) is 2.70. The molecule has 0 aliphatic rings. The third-order valence-corrected chi connectivity index (χ3v) is 2.44. The summed E-state index contributed by atoms with van der Waals surface area (Å²) < 4.78 is 0. The standard InChI is InChI=1S/C10H10ClN5O/c1-5-3-4-12-8(11)7(5)14-10(17)9-13-6(2)15-16-9/h3-4H,1-2H3,(H,14,17)(H,13,15,16). The van der Waals surface area contributed by atoms with E-state index < -0.39 is 5.91 Å². The molecule has 0 spiro atoms. The number of pyridine rings is 1. The van der Waals surface area contributed by atoms with Gasteiger partial charge in [0.2, 0.25) is 5.82 Å². The van der Waals surface area contributed by atoms with Gasteiger partial charge < -0.3 is 5.32 Å². The fraction of sp³-hybridized carbons (Fsp3) is 0.200. The lowest BCUT2D eigenvalue weighted by Crippen LogP contribution is -2.15. The fourth-order valence-electron chi connectivity index (χ4n) is 1.29. The number of nitrogens with zero attached hydrogens (tertiary/aromatic N) is 3. The number of H-pyrrole nitrogens is 1. The van der Waals surface area contributed by atoms with E-state index in [1.165, 1.54) is 0 Å². The molecule has 1 amide bonds. The maximum Gasteiger partial charge on any atom is 0.295 e. The third kappa shape index (κ3) is 2.42. The Morgan fingerprint density at radius 2 is 2.24 bits per heavy atom. The van der Waals surface area contributed by atoms with Crippen molar-refractivity contribution in [3.63, 3.8) is 0 Å². The molecule has 2 aromatic heterocycles. The number of carbonyl (C=O) groups excluding carboxylic acids is 1. The van der Waals surface area contributed by atoms with Gasteiger partial charge in [0.25, 0.3) is 5.91 Å². The highest BCUT2D eigenvalue weighted by Crippen LogP contribution is 2.22. The molecule has 0 saturated carbocycles. The first-order valence-corrected chi connectivity index (χ1v) is 5.27. The highest BCUT2D eigenvalue weighted by molar-refractivity contribution is 6.32. The van der Waals surface area contributed by atoms with Crippen molar-refractivity contribution in [2.24, 2.45) is 0 Å². The molecule has 88 valence electrons. The van der Waals surface area contributed by atoms with Crippen LogP contribution in [0.4, 0.5) is 5.69 Å². The lowest BCUT2D eigenvalue weighted by Gasteiger charge is -2.07. The van der Waals surface area contributed by atoms with Gasteiger partial charge in [-0.3, -0.25) is 9.89 Å². The molecule has 2 heterocycles. The number of aryl methyl sites for hydroxylation is 2. The summed E-state index contributed by atoms with van der Waals surface area (Å²) in [6, 6.07) is 1.75. The summed E-state index contributed by atoms with van der Waals surface area (Å²) >= 11 is 5.89. The Balaban J connectivity index is 2.24. The first-order valence-electron chi connectivity index (χ1n) is 4.89. The average molecular weight is 252 g/mol. The minimum atomic E-state index is -0.424. The van der Waals surface area contributed by atoms with Crippen molar-refractivity contribution < 1.29 is 4.79 Å². The van der Waals surface area contributed by atoms with Gasteiger partial charge in [-0.2, -0.15) is 0 Å². The largest absolute Gasteiger partial charge is 0.316 e. The molecule has 2 rings (SSSR count). The second-order valence-corrected chi connectivity index (χ2v) is 3.85. The monoisotopic (exact) mass is 251 g/mol. The molecular weight excluding hydrogens is 242 g/mol. The van der Waals surface area contributed by atoms with Gasteiger partial charge in [-0.15, -0.1) is 5.10 Å². The lowest BCUT2D eigenvalue weighted by molar-refractivity contribution is 0.101. The quantitative estimate of drug-likeness (QED) is 0.796. The van der Waals surface area contributed by atoms with E-state index in [2.05, 4.69) is 25.5 Å².